The highest BCUT2D eigenvalue weighted by Crippen LogP contribution is 1.89. The third-order valence-corrected chi connectivity index (χ3v) is 2.65. The zero-order valence-electron chi connectivity index (χ0n) is 9.08. The van der Waals surface area contributed by atoms with E-state index in [0.29, 0.717) is 19.0 Å². The van der Waals surface area contributed by atoms with Crippen molar-refractivity contribution in [3.63, 3.8) is 0 Å². The molecule has 4 nitrogen and oxygen atoms in total. The molecule has 0 radical (unpaired) electrons. The Balaban J connectivity index is 3.73. The average Bonchev–Trinajstić information content (AvgIpc) is 2.10. The van der Waals surface area contributed by atoms with Gasteiger partial charge in [0.25, 0.3) is 10.2 Å². The standard InChI is InChI=1S/C9H20N2O2S/c1-4-5-6-7-10-14(12,13)11-8-9(2)3/h4-5,9-11H,6-8H2,1-3H3/b5-4+. The van der Waals surface area contributed by atoms with Gasteiger partial charge in [-0.1, -0.05) is 26.0 Å². The van der Waals surface area contributed by atoms with Crippen LogP contribution in [0.3, 0.4) is 0 Å². The molecule has 0 aromatic heterocycles. The second-order valence-electron chi connectivity index (χ2n) is 3.50. The Labute approximate surface area is 87.0 Å². The van der Waals surface area contributed by atoms with Crippen molar-refractivity contribution in [1.29, 1.82) is 0 Å². The van der Waals surface area contributed by atoms with Gasteiger partial charge in [0.2, 0.25) is 0 Å². The number of rotatable bonds is 7. The number of allylic oxidation sites excluding steroid dienone is 1. The van der Waals surface area contributed by atoms with E-state index in [-0.39, 0.29) is 0 Å². The van der Waals surface area contributed by atoms with Crippen LogP contribution in [-0.2, 0) is 10.2 Å². The van der Waals surface area contributed by atoms with Crippen LogP contribution in [0.2, 0.25) is 0 Å². The zero-order valence-corrected chi connectivity index (χ0v) is 9.89. The molecular weight excluding hydrogens is 200 g/mol. The van der Waals surface area contributed by atoms with Crippen molar-refractivity contribution in [1.82, 2.24) is 9.44 Å². The normalized spacial score (nSPS) is 12.9. The SMILES string of the molecule is C/C=C/CCNS(=O)(=O)NCC(C)C. The summed E-state index contributed by atoms with van der Waals surface area (Å²) in [5.41, 5.74) is 0. The first kappa shape index (κ1) is 13.6. The molecule has 0 bridgehead atoms. The predicted molar refractivity (Wildman–Crippen MR) is 59.2 cm³/mol. The van der Waals surface area contributed by atoms with E-state index in [4.69, 9.17) is 0 Å². The molecule has 2 N–H and O–H groups in total. The van der Waals surface area contributed by atoms with Crippen LogP contribution in [0.25, 0.3) is 0 Å². The van der Waals surface area contributed by atoms with E-state index >= 15 is 0 Å². The third kappa shape index (κ3) is 8.22. The number of hydrogen-bond donors (Lipinski definition) is 2. The highest BCUT2D eigenvalue weighted by molar-refractivity contribution is 7.87. The maximum Gasteiger partial charge on any atom is 0.276 e. The molecule has 0 aromatic rings. The monoisotopic (exact) mass is 220 g/mol. The van der Waals surface area contributed by atoms with Gasteiger partial charge in [-0.15, -0.1) is 0 Å². The van der Waals surface area contributed by atoms with Crippen molar-refractivity contribution in [2.75, 3.05) is 13.1 Å². The lowest BCUT2D eigenvalue weighted by Crippen LogP contribution is -2.38. The predicted octanol–water partition coefficient (Wildman–Crippen LogP) is 1.03. The summed E-state index contributed by atoms with van der Waals surface area (Å²) in [5.74, 6) is 0.321. The minimum atomic E-state index is -3.29. The smallest absolute Gasteiger partial charge is 0.202 e. The van der Waals surface area contributed by atoms with Gasteiger partial charge in [0.05, 0.1) is 0 Å². The molecule has 0 rings (SSSR count). The summed E-state index contributed by atoms with van der Waals surface area (Å²) in [6, 6.07) is 0. The molecule has 0 saturated heterocycles. The highest BCUT2D eigenvalue weighted by Gasteiger charge is 2.07. The van der Waals surface area contributed by atoms with Gasteiger partial charge in [-0.05, 0) is 19.3 Å². The quantitative estimate of drug-likeness (QED) is 0.497. The summed E-state index contributed by atoms with van der Waals surface area (Å²) >= 11 is 0. The molecule has 0 aliphatic rings. The van der Waals surface area contributed by atoms with E-state index < -0.39 is 10.2 Å². The molecular formula is C9H20N2O2S. The summed E-state index contributed by atoms with van der Waals surface area (Å²) in [5, 5.41) is 0. The van der Waals surface area contributed by atoms with Crippen molar-refractivity contribution >= 4 is 10.2 Å². The number of nitrogens with one attached hydrogen (secondary N) is 2. The van der Waals surface area contributed by atoms with E-state index in [1.807, 2.05) is 32.9 Å². The third-order valence-electron chi connectivity index (χ3n) is 1.52. The molecule has 0 heterocycles. The molecule has 0 atom stereocenters. The minimum Gasteiger partial charge on any atom is -0.202 e. The van der Waals surface area contributed by atoms with Crippen molar-refractivity contribution in [2.24, 2.45) is 5.92 Å². The van der Waals surface area contributed by atoms with Gasteiger partial charge < -0.3 is 0 Å². The summed E-state index contributed by atoms with van der Waals surface area (Å²) in [6.07, 6.45) is 4.54. The van der Waals surface area contributed by atoms with Crippen LogP contribution in [0.15, 0.2) is 12.2 Å². The fourth-order valence-corrected chi connectivity index (χ4v) is 1.81. The van der Waals surface area contributed by atoms with E-state index in [1.54, 1.807) is 0 Å². The molecule has 14 heavy (non-hydrogen) atoms. The van der Waals surface area contributed by atoms with Crippen LogP contribution < -0.4 is 9.44 Å². The lowest BCUT2D eigenvalue weighted by Gasteiger charge is -2.08. The molecule has 0 aliphatic carbocycles. The van der Waals surface area contributed by atoms with Crippen molar-refractivity contribution in [3.8, 4) is 0 Å². The largest absolute Gasteiger partial charge is 0.276 e. The summed E-state index contributed by atoms with van der Waals surface area (Å²) in [7, 11) is -3.29. The Hall–Kier alpha value is -0.390. The van der Waals surface area contributed by atoms with Gasteiger partial charge in [-0.3, -0.25) is 0 Å². The number of hydrogen-bond acceptors (Lipinski definition) is 2. The van der Waals surface area contributed by atoms with Crippen LogP contribution >= 0.6 is 0 Å². The van der Waals surface area contributed by atoms with E-state index in [2.05, 4.69) is 9.44 Å². The molecule has 0 aromatic carbocycles. The molecule has 0 aliphatic heterocycles. The van der Waals surface area contributed by atoms with E-state index in [0.717, 1.165) is 6.42 Å². The highest BCUT2D eigenvalue weighted by atomic mass is 32.2. The Bertz CT molecular complexity index is 258. The van der Waals surface area contributed by atoms with Crippen molar-refractivity contribution in [3.05, 3.63) is 12.2 Å². The Kier molecular flexibility index (Phi) is 6.78. The molecule has 0 unspecified atom stereocenters. The van der Waals surface area contributed by atoms with Crippen LogP contribution in [0.4, 0.5) is 0 Å². The van der Waals surface area contributed by atoms with Gasteiger partial charge in [-0.25, -0.2) is 9.44 Å². The molecule has 84 valence electrons. The van der Waals surface area contributed by atoms with Crippen molar-refractivity contribution < 1.29 is 8.42 Å². The lowest BCUT2D eigenvalue weighted by molar-refractivity contribution is 0.548. The summed E-state index contributed by atoms with van der Waals surface area (Å²) < 4.78 is 27.4. The topological polar surface area (TPSA) is 58.2 Å². The lowest BCUT2D eigenvalue weighted by atomic mass is 10.2. The molecule has 0 saturated carbocycles. The fourth-order valence-electron chi connectivity index (χ4n) is 0.771. The van der Waals surface area contributed by atoms with Crippen LogP contribution in [0.5, 0.6) is 0 Å². The molecule has 0 spiro atoms. The van der Waals surface area contributed by atoms with Gasteiger partial charge >= 0.3 is 0 Å². The zero-order chi connectivity index (χ0) is 11.0. The van der Waals surface area contributed by atoms with E-state index in [9.17, 15) is 8.42 Å². The van der Waals surface area contributed by atoms with Crippen LogP contribution in [0.1, 0.15) is 27.2 Å². The Morgan fingerprint density at radius 2 is 1.93 bits per heavy atom. The average molecular weight is 220 g/mol. The maximum atomic E-state index is 11.3. The first-order valence-electron chi connectivity index (χ1n) is 4.83. The molecule has 0 fully saturated rings. The van der Waals surface area contributed by atoms with Gasteiger partial charge in [0.15, 0.2) is 0 Å². The molecule has 5 heteroatoms. The minimum absolute atomic E-state index is 0.321. The van der Waals surface area contributed by atoms with Gasteiger partial charge in [0.1, 0.15) is 0 Å². The van der Waals surface area contributed by atoms with Gasteiger partial charge in [0, 0.05) is 13.1 Å². The fraction of sp³-hybridized carbons (Fsp3) is 0.778. The first-order valence-corrected chi connectivity index (χ1v) is 6.31. The Morgan fingerprint density at radius 3 is 2.43 bits per heavy atom. The summed E-state index contributed by atoms with van der Waals surface area (Å²) in [6.45, 7) is 6.74. The first-order chi connectivity index (χ1) is 6.48. The Morgan fingerprint density at radius 1 is 1.29 bits per heavy atom. The van der Waals surface area contributed by atoms with Gasteiger partial charge in [-0.2, -0.15) is 8.42 Å². The van der Waals surface area contributed by atoms with Crippen LogP contribution in [-0.4, -0.2) is 21.5 Å². The second-order valence-corrected chi connectivity index (χ2v) is 5.08. The van der Waals surface area contributed by atoms with Crippen molar-refractivity contribution in [2.45, 2.75) is 27.2 Å². The van der Waals surface area contributed by atoms with Crippen LogP contribution in [0, 0.1) is 5.92 Å². The maximum absolute atomic E-state index is 11.3. The molecule has 0 amide bonds. The van der Waals surface area contributed by atoms with E-state index in [1.165, 1.54) is 0 Å². The second kappa shape index (κ2) is 6.98. The summed E-state index contributed by atoms with van der Waals surface area (Å²) in [4.78, 5) is 0.